The van der Waals surface area contributed by atoms with Crippen molar-refractivity contribution in [1.29, 1.82) is 0 Å². The monoisotopic (exact) mass is 398 g/mol. The van der Waals surface area contributed by atoms with Gasteiger partial charge in [-0.05, 0) is 56.2 Å². The third-order valence-electron chi connectivity index (χ3n) is 5.35. The van der Waals surface area contributed by atoms with Crippen molar-refractivity contribution in [1.82, 2.24) is 4.31 Å². The highest BCUT2D eigenvalue weighted by Gasteiger charge is 2.30. The number of carbonyl (C=O) groups is 2. The van der Waals surface area contributed by atoms with Crippen molar-refractivity contribution in [3.63, 3.8) is 0 Å². The Bertz CT molecular complexity index is 1040. The number of Topliss-reactive ketones (excluding diaryl/α,β-unsaturated/α-hetero) is 1. The lowest BCUT2D eigenvalue weighted by Gasteiger charge is -2.29. The molecule has 2 heterocycles. The minimum Gasteiger partial charge on any atom is -0.307 e. The van der Waals surface area contributed by atoms with Gasteiger partial charge in [-0.3, -0.25) is 9.59 Å². The van der Waals surface area contributed by atoms with E-state index in [-0.39, 0.29) is 23.0 Å². The summed E-state index contributed by atoms with van der Waals surface area (Å²) in [5, 5.41) is 0. The SMILES string of the molecule is Cc1ccc2c(c1)C(=O)CCN2C(=O)c1ccc(S(=O)(=O)N2CCCC2)cc1. The summed E-state index contributed by atoms with van der Waals surface area (Å²) in [5.74, 6) is -0.197. The molecule has 2 aliphatic rings. The Hall–Kier alpha value is -2.51. The molecule has 1 amide bonds. The fourth-order valence-corrected chi connectivity index (χ4v) is 5.31. The summed E-state index contributed by atoms with van der Waals surface area (Å²) in [6.07, 6.45) is 2.04. The first kappa shape index (κ1) is 18.8. The van der Waals surface area contributed by atoms with Gasteiger partial charge >= 0.3 is 0 Å². The highest BCUT2D eigenvalue weighted by Crippen LogP contribution is 2.30. The molecule has 0 spiro atoms. The van der Waals surface area contributed by atoms with E-state index in [2.05, 4.69) is 0 Å². The third-order valence-corrected chi connectivity index (χ3v) is 7.27. The predicted octanol–water partition coefficient (Wildman–Crippen LogP) is 3.01. The molecule has 0 N–H and O–H groups in total. The van der Waals surface area contributed by atoms with Gasteiger partial charge in [0.1, 0.15) is 0 Å². The van der Waals surface area contributed by atoms with Crippen molar-refractivity contribution in [3.8, 4) is 0 Å². The van der Waals surface area contributed by atoms with Crippen molar-refractivity contribution in [3.05, 3.63) is 59.2 Å². The van der Waals surface area contributed by atoms with Crippen LogP contribution in [0.4, 0.5) is 5.69 Å². The molecular formula is C21H22N2O4S. The normalized spacial score (nSPS) is 17.6. The molecule has 1 fully saturated rings. The Morgan fingerprint density at radius 1 is 0.964 bits per heavy atom. The van der Waals surface area contributed by atoms with E-state index < -0.39 is 10.0 Å². The number of aryl methyl sites for hydroxylation is 1. The topological polar surface area (TPSA) is 74.8 Å². The van der Waals surface area contributed by atoms with E-state index in [1.54, 1.807) is 23.1 Å². The van der Waals surface area contributed by atoms with Crippen LogP contribution >= 0.6 is 0 Å². The van der Waals surface area contributed by atoms with Crippen molar-refractivity contribution in [2.45, 2.75) is 31.1 Å². The summed E-state index contributed by atoms with van der Waals surface area (Å²) in [4.78, 5) is 27.0. The van der Waals surface area contributed by atoms with E-state index in [1.165, 1.54) is 16.4 Å². The second kappa shape index (κ2) is 7.14. The Morgan fingerprint density at radius 3 is 2.32 bits per heavy atom. The van der Waals surface area contributed by atoms with Crippen LogP contribution in [0, 0.1) is 6.92 Å². The van der Waals surface area contributed by atoms with Gasteiger partial charge in [0, 0.05) is 37.2 Å². The lowest BCUT2D eigenvalue weighted by atomic mass is 9.97. The van der Waals surface area contributed by atoms with Crippen LogP contribution in [0.5, 0.6) is 0 Å². The Kier molecular flexibility index (Phi) is 4.81. The zero-order valence-electron chi connectivity index (χ0n) is 15.7. The number of carbonyl (C=O) groups excluding carboxylic acids is 2. The predicted molar refractivity (Wildman–Crippen MR) is 106 cm³/mol. The molecule has 0 radical (unpaired) electrons. The zero-order chi connectivity index (χ0) is 19.9. The van der Waals surface area contributed by atoms with Gasteiger partial charge in [-0.2, -0.15) is 4.31 Å². The number of ketones is 1. The Morgan fingerprint density at radius 2 is 1.64 bits per heavy atom. The molecule has 7 heteroatoms. The first-order valence-corrected chi connectivity index (χ1v) is 10.9. The van der Waals surface area contributed by atoms with Crippen LogP contribution in [0.3, 0.4) is 0 Å². The molecule has 146 valence electrons. The minimum absolute atomic E-state index is 0.0369. The highest BCUT2D eigenvalue weighted by atomic mass is 32.2. The van der Waals surface area contributed by atoms with Gasteiger partial charge in [-0.15, -0.1) is 0 Å². The number of amides is 1. The smallest absolute Gasteiger partial charge is 0.258 e. The molecule has 0 atom stereocenters. The van der Waals surface area contributed by atoms with Crippen LogP contribution in [0.15, 0.2) is 47.4 Å². The molecule has 1 saturated heterocycles. The van der Waals surface area contributed by atoms with E-state index in [9.17, 15) is 18.0 Å². The number of nitrogens with zero attached hydrogens (tertiary/aromatic N) is 2. The summed E-state index contributed by atoms with van der Waals surface area (Å²) in [5.41, 5.74) is 2.55. The molecular weight excluding hydrogens is 376 g/mol. The number of hydrogen-bond acceptors (Lipinski definition) is 4. The van der Waals surface area contributed by atoms with E-state index >= 15 is 0 Å². The maximum Gasteiger partial charge on any atom is 0.258 e. The summed E-state index contributed by atoms with van der Waals surface area (Å²) in [6, 6.07) is 11.6. The van der Waals surface area contributed by atoms with Gasteiger partial charge in [-0.25, -0.2) is 8.42 Å². The molecule has 2 aromatic rings. The van der Waals surface area contributed by atoms with Crippen molar-refractivity contribution in [2.24, 2.45) is 0 Å². The van der Waals surface area contributed by atoms with Crippen molar-refractivity contribution < 1.29 is 18.0 Å². The van der Waals surface area contributed by atoms with E-state index in [1.807, 2.05) is 19.1 Å². The number of sulfonamides is 1. The third kappa shape index (κ3) is 3.25. The maximum atomic E-state index is 13.0. The number of hydrogen-bond donors (Lipinski definition) is 0. The molecule has 6 nitrogen and oxygen atoms in total. The Labute approximate surface area is 164 Å². The van der Waals surface area contributed by atoms with Crippen LogP contribution in [0.25, 0.3) is 0 Å². The summed E-state index contributed by atoms with van der Waals surface area (Å²) >= 11 is 0. The summed E-state index contributed by atoms with van der Waals surface area (Å²) in [6.45, 7) is 3.32. The molecule has 0 saturated carbocycles. The van der Waals surface area contributed by atoms with Crippen LogP contribution in [-0.2, 0) is 10.0 Å². The number of benzene rings is 2. The fourth-order valence-electron chi connectivity index (χ4n) is 3.79. The van der Waals surface area contributed by atoms with Gasteiger partial charge in [0.05, 0.1) is 10.6 Å². The summed E-state index contributed by atoms with van der Waals surface area (Å²) < 4.78 is 26.8. The van der Waals surface area contributed by atoms with Crippen molar-refractivity contribution in [2.75, 3.05) is 24.5 Å². The quantitative estimate of drug-likeness (QED) is 0.797. The zero-order valence-corrected chi connectivity index (χ0v) is 16.5. The van der Waals surface area contributed by atoms with E-state index in [0.717, 1.165) is 18.4 Å². The molecule has 0 bridgehead atoms. The number of rotatable bonds is 3. The fraction of sp³-hybridized carbons (Fsp3) is 0.333. The van der Waals surface area contributed by atoms with Gasteiger partial charge in [0.2, 0.25) is 10.0 Å². The molecule has 0 unspecified atom stereocenters. The highest BCUT2D eigenvalue weighted by molar-refractivity contribution is 7.89. The van der Waals surface area contributed by atoms with Crippen molar-refractivity contribution >= 4 is 27.4 Å². The minimum atomic E-state index is -3.50. The molecule has 2 aromatic carbocycles. The largest absolute Gasteiger partial charge is 0.307 e. The molecule has 2 aliphatic heterocycles. The Balaban J connectivity index is 1.61. The standard InChI is InChI=1S/C21H22N2O4S/c1-15-4-9-19-18(14-15)20(24)10-13-23(19)21(25)16-5-7-17(8-6-16)28(26,27)22-11-2-3-12-22/h4-9,14H,2-3,10-13H2,1H3. The number of anilines is 1. The lowest BCUT2D eigenvalue weighted by molar-refractivity contribution is 0.0955. The molecule has 0 aliphatic carbocycles. The molecule has 0 aromatic heterocycles. The lowest BCUT2D eigenvalue weighted by Crippen LogP contribution is -2.37. The number of fused-ring (bicyclic) bond motifs is 1. The van der Waals surface area contributed by atoms with Gasteiger partial charge < -0.3 is 4.90 Å². The van der Waals surface area contributed by atoms with E-state index in [4.69, 9.17) is 0 Å². The average Bonchev–Trinajstić information content (AvgIpc) is 3.24. The van der Waals surface area contributed by atoms with Crippen LogP contribution < -0.4 is 4.90 Å². The second-order valence-corrected chi connectivity index (χ2v) is 9.22. The first-order chi connectivity index (χ1) is 13.4. The average molecular weight is 398 g/mol. The second-order valence-electron chi connectivity index (χ2n) is 7.29. The molecule has 4 rings (SSSR count). The van der Waals surface area contributed by atoms with Gasteiger partial charge in [0.25, 0.3) is 5.91 Å². The van der Waals surface area contributed by atoms with Gasteiger partial charge in [0.15, 0.2) is 5.78 Å². The summed E-state index contributed by atoms with van der Waals surface area (Å²) in [7, 11) is -3.50. The molecule has 28 heavy (non-hydrogen) atoms. The maximum absolute atomic E-state index is 13.0. The van der Waals surface area contributed by atoms with Crippen LogP contribution in [0.2, 0.25) is 0 Å². The van der Waals surface area contributed by atoms with Crippen LogP contribution in [0.1, 0.15) is 45.5 Å². The van der Waals surface area contributed by atoms with Crippen LogP contribution in [-0.4, -0.2) is 44.0 Å². The first-order valence-electron chi connectivity index (χ1n) is 9.44. The van der Waals surface area contributed by atoms with Gasteiger partial charge in [-0.1, -0.05) is 11.6 Å². The van der Waals surface area contributed by atoms with E-state index in [0.29, 0.717) is 36.4 Å².